The van der Waals surface area contributed by atoms with Gasteiger partial charge in [-0.25, -0.2) is 4.98 Å². The highest BCUT2D eigenvalue weighted by atomic mass is 16.7. The first-order valence-corrected chi connectivity index (χ1v) is 5.97. The van der Waals surface area contributed by atoms with Gasteiger partial charge >= 0.3 is 0 Å². The molecule has 0 spiro atoms. The van der Waals surface area contributed by atoms with Crippen LogP contribution in [0.1, 0.15) is 12.0 Å². The number of hydrogen-bond donors (Lipinski definition) is 0. The summed E-state index contributed by atoms with van der Waals surface area (Å²) in [5.74, 6) is 1.47. The molecular weight excluding hydrogens is 216 g/mol. The third-order valence-electron chi connectivity index (χ3n) is 3.29. The fourth-order valence-corrected chi connectivity index (χ4v) is 2.35. The monoisotopic (exact) mass is 236 g/mol. The van der Waals surface area contributed by atoms with E-state index in [1.54, 1.807) is 14.2 Å². The van der Waals surface area contributed by atoms with Gasteiger partial charge < -0.3 is 14.4 Å². The van der Waals surface area contributed by atoms with Gasteiger partial charge in [-0.2, -0.15) is 0 Å². The van der Waals surface area contributed by atoms with Crippen LogP contribution >= 0.6 is 0 Å². The fourth-order valence-electron chi connectivity index (χ4n) is 2.35. The summed E-state index contributed by atoms with van der Waals surface area (Å²) in [6.07, 6.45) is 2.89. The molecule has 17 heavy (non-hydrogen) atoms. The van der Waals surface area contributed by atoms with E-state index in [-0.39, 0.29) is 6.29 Å². The summed E-state index contributed by atoms with van der Waals surface area (Å²) in [4.78, 5) is 6.74. The van der Waals surface area contributed by atoms with Crippen molar-refractivity contribution in [2.24, 2.45) is 5.92 Å². The van der Waals surface area contributed by atoms with E-state index < -0.39 is 0 Å². The van der Waals surface area contributed by atoms with Gasteiger partial charge in [0.05, 0.1) is 0 Å². The van der Waals surface area contributed by atoms with Gasteiger partial charge in [-0.1, -0.05) is 6.07 Å². The van der Waals surface area contributed by atoms with Crippen LogP contribution in [-0.2, 0) is 9.47 Å². The Labute approximate surface area is 103 Å². The highest BCUT2D eigenvalue weighted by molar-refractivity contribution is 5.40. The number of nitrogens with zero attached hydrogens (tertiary/aromatic N) is 2. The number of ether oxygens (including phenoxy) is 2. The molecule has 1 aliphatic heterocycles. The molecule has 1 aromatic rings. The van der Waals surface area contributed by atoms with Crippen molar-refractivity contribution in [3.8, 4) is 0 Å². The fraction of sp³-hybridized carbons (Fsp3) is 0.615. The molecule has 1 aliphatic rings. The highest BCUT2D eigenvalue weighted by Crippen LogP contribution is 2.25. The van der Waals surface area contributed by atoms with Gasteiger partial charge in [0, 0.05) is 39.4 Å². The maximum absolute atomic E-state index is 5.32. The number of hydrogen-bond acceptors (Lipinski definition) is 4. The lowest BCUT2D eigenvalue weighted by Gasteiger charge is -2.21. The largest absolute Gasteiger partial charge is 0.356 e. The first-order valence-electron chi connectivity index (χ1n) is 5.97. The molecule has 2 rings (SSSR count). The van der Waals surface area contributed by atoms with Gasteiger partial charge in [-0.3, -0.25) is 0 Å². The average Bonchev–Trinajstić information content (AvgIpc) is 2.81. The molecule has 2 heterocycles. The zero-order valence-electron chi connectivity index (χ0n) is 10.7. The van der Waals surface area contributed by atoms with Gasteiger partial charge in [0.2, 0.25) is 0 Å². The van der Waals surface area contributed by atoms with E-state index in [1.165, 1.54) is 5.56 Å². The van der Waals surface area contributed by atoms with Crippen molar-refractivity contribution >= 4 is 5.82 Å². The number of aryl methyl sites for hydroxylation is 1. The second kappa shape index (κ2) is 5.47. The molecule has 0 aromatic carbocycles. The predicted molar refractivity (Wildman–Crippen MR) is 67.1 cm³/mol. The molecule has 0 radical (unpaired) electrons. The summed E-state index contributed by atoms with van der Waals surface area (Å²) in [5.41, 5.74) is 1.19. The van der Waals surface area contributed by atoms with E-state index in [0.29, 0.717) is 5.92 Å². The zero-order valence-corrected chi connectivity index (χ0v) is 10.7. The van der Waals surface area contributed by atoms with Crippen LogP contribution in [0, 0.1) is 12.8 Å². The molecule has 94 valence electrons. The van der Waals surface area contributed by atoms with Crippen molar-refractivity contribution in [1.82, 2.24) is 4.98 Å². The van der Waals surface area contributed by atoms with Crippen LogP contribution < -0.4 is 4.90 Å². The minimum absolute atomic E-state index is 0.106. The lowest BCUT2D eigenvalue weighted by atomic mass is 10.1. The first-order chi connectivity index (χ1) is 8.24. The van der Waals surface area contributed by atoms with E-state index in [2.05, 4.69) is 28.9 Å². The van der Waals surface area contributed by atoms with Crippen molar-refractivity contribution in [3.05, 3.63) is 23.9 Å². The molecule has 4 nitrogen and oxygen atoms in total. The molecule has 0 aliphatic carbocycles. The normalized spacial score (nSPS) is 20.2. The lowest BCUT2D eigenvalue weighted by Crippen LogP contribution is -2.28. The van der Waals surface area contributed by atoms with Crippen LogP contribution in [0.5, 0.6) is 0 Å². The van der Waals surface area contributed by atoms with E-state index in [1.807, 2.05) is 6.20 Å². The SMILES string of the molecule is COC(OC)C1CCN(c2ccc(C)cn2)C1. The number of pyridine rings is 1. The van der Waals surface area contributed by atoms with Crippen LogP contribution in [-0.4, -0.2) is 38.6 Å². The second-order valence-electron chi connectivity index (χ2n) is 4.53. The van der Waals surface area contributed by atoms with Gasteiger partial charge in [0.15, 0.2) is 6.29 Å². The molecule has 1 unspecified atom stereocenters. The van der Waals surface area contributed by atoms with Crippen molar-refractivity contribution in [3.63, 3.8) is 0 Å². The van der Waals surface area contributed by atoms with Crippen LogP contribution in [0.4, 0.5) is 5.82 Å². The Kier molecular flexibility index (Phi) is 3.97. The molecular formula is C13H20N2O2. The number of methoxy groups -OCH3 is 2. The molecule has 1 fully saturated rings. The molecule has 1 saturated heterocycles. The Balaban J connectivity index is 2.00. The maximum Gasteiger partial charge on any atom is 0.161 e. The Morgan fingerprint density at radius 2 is 2.12 bits per heavy atom. The number of aromatic nitrogens is 1. The minimum atomic E-state index is -0.106. The predicted octanol–water partition coefficient (Wildman–Crippen LogP) is 1.84. The Bertz CT molecular complexity index is 349. The molecule has 0 amide bonds. The summed E-state index contributed by atoms with van der Waals surface area (Å²) in [7, 11) is 3.39. The number of anilines is 1. The van der Waals surface area contributed by atoms with E-state index in [9.17, 15) is 0 Å². The van der Waals surface area contributed by atoms with Crippen LogP contribution in [0.2, 0.25) is 0 Å². The lowest BCUT2D eigenvalue weighted by molar-refractivity contribution is -0.132. The Morgan fingerprint density at radius 1 is 1.35 bits per heavy atom. The minimum Gasteiger partial charge on any atom is -0.356 e. The van der Waals surface area contributed by atoms with Crippen molar-refractivity contribution in [1.29, 1.82) is 0 Å². The average molecular weight is 236 g/mol. The maximum atomic E-state index is 5.32. The van der Waals surface area contributed by atoms with Crippen LogP contribution in [0.3, 0.4) is 0 Å². The van der Waals surface area contributed by atoms with E-state index >= 15 is 0 Å². The molecule has 0 saturated carbocycles. The highest BCUT2D eigenvalue weighted by Gasteiger charge is 2.30. The van der Waals surface area contributed by atoms with Crippen molar-refractivity contribution < 1.29 is 9.47 Å². The molecule has 1 aromatic heterocycles. The zero-order chi connectivity index (χ0) is 12.3. The molecule has 1 atom stereocenters. The summed E-state index contributed by atoms with van der Waals surface area (Å²) in [6, 6.07) is 4.17. The Morgan fingerprint density at radius 3 is 2.71 bits per heavy atom. The third kappa shape index (κ3) is 2.76. The summed E-state index contributed by atoms with van der Waals surface area (Å²) in [5, 5.41) is 0. The standard InChI is InChI=1S/C13H20N2O2/c1-10-4-5-12(14-8-10)15-7-6-11(9-15)13(16-2)17-3/h4-5,8,11,13H,6-7,9H2,1-3H3. The van der Waals surface area contributed by atoms with Crippen LogP contribution in [0.25, 0.3) is 0 Å². The van der Waals surface area contributed by atoms with E-state index in [0.717, 1.165) is 25.3 Å². The summed E-state index contributed by atoms with van der Waals surface area (Å²) in [6.45, 7) is 4.02. The summed E-state index contributed by atoms with van der Waals surface area (Å²) < 4.78 is 10.6. The van der Waals surface area contributed by atoms with Gasteiger partial charge in [0.1, 0.15) is 5.82 Å². The van der Waals surface area contributed by atoms with Gasteiger partial charge in [0.25, 0.3) is 0 Å². The quantitative estimate of drug-likeness (QED) is 0.747. The van der Waals surface area contributed by atoms with Crippen LogP contribution in [0.15, 0.2) is 18.3 Å². The number of rotatable bonds is 4. The smallest absolute Gasteiger partial charge is 0.161 e. The Hall–Kier alpha value is -1.13. The van der Waals surface area contributed by atoms with Gasteiger partial charge in [-0.15, -0.1) is 0 Å². The van der Waals surface area contributed by atoms with Gasteiger partial charge in [-0.05, 0) is 25.0 Å². The summed E-state index contributed by atoms with van der Waals surface area (Å²) >= 11 is 0. The van der Waals surface area contributed by atoms with E-state index in [4.69, 9.17) is 9.47 Å². The first kappa shape index (κ1) is 12.3. The second-order valence-corrected chi connectivity index (χ2v) is 4.53. The molecule has 0 N–H and O–H groups in total. The molecule has 0 bridgehead atoms. The third-order valence-corrected chi connectivity index (χ3v) is 3.29. The van der Waals surface area contributed by atoms with Crippen molar-refractivity contribution in [2.75, 3.05) is 32.2 Å². The van der Waals surface area contributed by atoms with Crippen molar-refractivity contribution in [2.45, 2.75) is 19.6 Å². The molecule has 4 heteroatoms. The topological polar surface area (TPSA) is 34.6 Å².